The zero-order valence-electron chi connectivity index (χ0n) is 60.0. The lowest BCUT2D eigenvalue weighted by molar-refractivity contribution is -0.160. The second-order valence-corrected chi connectivity index (χ2v) is 35.8. The number of fused-ring (bicyclic) bond motifs is 6. The van der Waals surface area contributed by atoms with Crippen molar-refractivity contribution in [3.05, 3.63) is 82.4 Å². The number of sulfonamides is 2. The lowest BCUT2D eigenvalue weighted by atomic mass is 9.93. The topological polar surface area (TPSA) is 337 Å². The summed E-state index contributed by atoms with van der Waals surface area (Å²) in [7, 11) is -8.03. The van der Waals surface area contributed by atoms with Crippen molar-refractivity contribution in [2.45, 2.75) is 265 Å². The number of hydrogen-bond donors (Lipinski definition) is 4. The first-order chi connectivity index (χ1) is 49.5. The van der Waals surface area contributed by atoms with Crippen LogP contribution in [-0.2, 0) is 104 Å². The van der Waals surface area contributed by atoms with Gasteiger partial charge in [0.25, 0.3) is 11.8 Å². The summed E-state index contributed by atoms with van der Waals surface area (Å²) in [6.07, 6.45) is -3.76. The number of carbonyl (C=O) groups excluding carboxylic acids is 10. The molecule has 2 aromatic rings. The van der Waals surface area contributed by atoms with E-state index in [1.54, 1.807) is 53.7 Å². The fourth-order valence-electron chi connectivity index (χ4n) is 14.9. The highest BCUT2D eigenvalue weighted by Gasteiger charge is 2.64. The molecule has 0 bridgehead atoms. The van der Waals surface area contributed by atoms with Gasteiger partial charge in [-0.25, -0.2) is 52.8 Å². The Hall–Kier alpha value is -8.04. The molecular weight excluding hydrogens is 1440 g/mol. The second-order valence-electron chi connectivity index (χ2n) is 31.9. The maximum Gasteiger partial charge on any atom is 0.410 e. The van der Waals surface area contributed by atoms with Crippen LogP contribution in [0.3, 0.4) is 0 Å². The molecule has 12 rings (SSSR count). The van der Waals surface area contributed by atoms with Gasteiger partial charge in [-0.15, -0.1) is 0 Å². The van der Waals surface area contributed by atoms with Crippen molar-refractivity contribution in [1.29, 1.82) is 0 Å². The molecule has 10 atom stereocenters. The summed E-state index contributed by atoms with van der Waals surface area (Å²) >= 11 is 0. The number of esters is 2. The summed E-state index contributed by atoms with van der Waals surface area (Å²) in [5, 5.41) is 3.93. The molecule has 2 aromatic carbocycles. The highest BCUT2D eigenvalue weighted by molar-refractivity contribution is 7.91. The van der Waals surface area contributed by atoms with Crippen molar-refractivity contribution in [3.8, 4) is 0 Å². The van der Waals surface area contributed by atoms with Gasteiger partial charge in [0.2, 0.25) is 55.5 Å². The zero-order valence-corrected chi connectivity index (χ0v) is 61.6. The monoisotopic (exact) mass is 1530 g/mol. The molecule has 6 aliphatic heterocycles. The highest BCUT2D eigenvalue weighted by Crippen LogP contribution is 2.50. The van der Waals surface area contributed by atoms with Crippen LogP contribution in [0.15, 0.2) is 48.6 Å². The average Bonchev–Trinajstić information content (AvgIpc) is 1.58. The molecule has 3 saturated heterocycles. The van der Waals surface area contributed by atoms with Crippen LogP contribution in [0, 0.1) is 35.3 Å². The minimum atomic E-state index is -4.03. The van der Waals surface area contributed by atoms with Crippen molar-refractivity contribution < 1.29 is 110 Å². The number of rotatable bonds is 12. The van der Waals surface area contributed by atoms with Gasteiger partial charge in [-0.3, -0.25) is 57.6 Å². The van der Waals surface area contributed by atoms with E-state index in [1.165, 1.54) is 46.2 Å². The smallest absolute Gasteiger partial charge is 0.410 e. The number of nitrogens with zero attached hydrogens (tertiary/aromatic N) is 4. The Morgan fingerprint density at radius 2 is 0.991 bits per heavy atom. The molecule has 0 aromatic heterocycles. The summed E-state index contributed by atoms with van der Waals surface area (Å²) in [5.74, 6) is -18.1. The van der Waals surface area contributed by atoms with Crippen LogP contribution in [0.4, 0.5) is 35.9 Å². The van der Waals surface area contributed by atoms with Gasteiger partial charge in [0.05, 0.1) is 49.5 Å². The molecule has 26 nitrogen and oxygen atoms in total. The van der Waals surface area contributed by atoms with Crippen LogP contribution in [0.5, 0.6) is 0 Å². The van der Waals surface area contributed by atoms with Crippen LogP contribution in [0.1, 0.15) is 192 Å². The molecule has 34 heteroatoms. The fourth-order valence-corrected chi connectivity index (χ4v) is 17.7. The largest absolute Gasteiger partial charge is 0.460 e. The average molecular weight is 1540 g/mol. The summed E-state index contributed by atoms with van der Waals surface area (Å²) in [6, 6.07) is 6.20. The number of ether oxygens (including phenoxy) is 4. The Kier molecular flexibility index (Phi) is 22.5. The summed E-state index contributed by atoms with van der Waals surface area (Å²) in [5.41, 5.74) is -3.41. The van der Waals surface area contributed by atoms with E-state index in [2.05, 4.69) is 20.1 Å². The van der Waals surface area contributed by atoms with Gasteiger partial charge in [-0.1, -0.05) is 42.8 Å². The maximum absolute atomic E-state index is 15.2. The predicted octanol–water partition coefficient (Wildman–Crippen LogP) is 7.91. The van der Waals surface area contributed by atoms with E-state index in [1.807, 2.05) is 0 Å². The lowest BCUT2D eigenvalue weighted by Gasteiger charge is -2.30. The van der Waals surface area contributed by atoms with Gasteiger partial charge >= 0.3 is 24.1 Å². The third-order valence-electron chi connectivity index (χ3n) is 21.1. The maximum atomic E-state index is 15.2. The summed E-state index contributed by atoms with van der Waals surface area (Å²) < 4.78 is 167. The molecule has 106 heavy (non-hydrogen) atoms. The van der Waals surface area contributed by atoms with Gasteiger partial charge in [0.1, 0.15) is 58.2 Å². The molecule has 4 N–H and O–H groups in total. The molecule has 10 aliphatic rings. The predicted molar refractivity (Wildman–Crippen MR) is 363 cm³/mol. The van der Waals surface area contributed by atoms with Crippen LogP contribution in [0.2, 0.25) is 0 Å². The molecule has 8 amide bonds. The third kappa shape index (κ3) is 18.9. The molecule has 6 heterocycles. The number of nitrogens with one attached hydrogen (secondary N) is 4. The van der Waals surface area contributed by atoms with Gasteiger partial charge in [0.15, 0.2) is 0 Å². The van der Waals surface area contributed by atoms with E-state index in [-0.39, 0.29) is 90.6 Å². The molecule has 0 unspecified atom stereocenters. The SMILES string of the molecule is CC(C)(C)OC(=O)C[C@H]1CCC(F)(F)CC/C=C\[C@@H]2C[C@@]2(C(=O)NS(=O)(=O)C2CC2)NC(=O)[C@@H]2C[C@@H](OC(=O)N3Cc4cccc(F)c4C3)CN2C1=O.CC(C)(C)OC(=O)C[C@H]1CCC(F)(F)CCCC[C@@H]2C[C@@]2(C(=O)NS(=O)(=O)C2CC2)NC(=O)[C@@H]2C[C@@H](OC(=O)N3Cc4cccc(F)c4C3)CN2C1=O. The first-order valence-corrected chi connectivity index (χ1v) is 39.3. The van der Waals surface area contributed by atoms with Crippen molar-refractivity contribution in [2.24, 2.45) is 23.7 Å². The van der Waals surface area contributed by atoms with E-state index in [4.69, 9.17) is 18.9 Å². The number of carbonyl (C=O) groups is 10. The number of allylic oxidation sites excluding steroid dienone is 1. The van der Waals surface area contributed by atoms with E-state index < -0.39 is 235 Å². The van der Waals surface area contributed by atoms with Gasteiger partial charge in [-0.05, 0) is 141 Å². The number of amides is 8. The minimum absolute atomic E-state index is 0.0237. The van der Waals surface area contributed by atoms with Crippen molar-refractivity contribution in [1.82, 2.24) is 39.7 Å². The van der Waals surface area contributed by atoms with Crippen molar-refractivity contribution in [2.75, 3.05) is 13.1 Å². The number of hydrogen-bond acceptors (Lipinski definition) is 18. The minimum Gasteiger partial charge on any atom is -0.460 e. The van der Waals surface area contributed by atoms with Gasteiger partial charge < -0.3 is 39.4 Å². The number of benzene rings is 2. The van der Waals surface area contributed by atoms with E-state index >= 15 is 17.6 Å². The van der Waals surface area contributed by atoms with Crippen LogP contribution >= 0.6 is 0 Å². The molecule has 4 saturated carbocycles. The second kappa shape index (κ2) is 30.2. The Labute approximate surface area is 610 Å². The van der Waals surface area contributed by atoms with E-state index in [9.17, 15) is 73.6 Å². The standard InChI is InChI=1S/C36H47F3N4O9S.C36H45F3N4O9S/c2*1-34(2,3)52-29(44)15-21-12-14-35(38,39)13-5-4-8-23-17-36(23,32(47)41-53(49,50)25-10-11-25)40-30(45)28-16-24(19-43(28)31(21)46)51-33(48)42-18-22-7-6-9-27(37)26(22)20-42/h6-7,9,21,23-25,28H,4-5,8,10-20H2,1-3H3,(H,40,45)(H,41,47);4,6-9,21,23-25,28H,5,10-20H2,1-3H3,(H,40,45)(H,41,47)/b;8-4-/t2*21-,23-,24-,28+,36-/m11/s1. The third-order valence-corrected chi connectivity index (χ3v) is 24.7. The number of alkyl halides is 4. The van der Waals surface area contributed by atoms with Crippen molar-refractivity contribution in [3.63, 3.8) is 0 Å². The molecule has 4 aliphatic carbocycles. The highest BCUT2D eigenvalue weighted by atomic mass is 32.2. The first kappa shape index (κ1) is 79.0. The zero-order chi connectivity index (χ0) is 77.0. The number of halogens is 6. The first-order valence-electron chi connectivity index (χ1n) is 36.2. The van der Waals surface area contributed by atoms with Crippen LogP contribution in [-0.4, -0.2) is 178 Å². The quantitative estimate of drug-likeness (QED) is 0.0678. The van der Waals surface area contributed by atoms with Gasteiger partial charge in [-0.2, -0.15) is 0 Å². The fraction of sp³-hybridized carbons (Fsp3) is 0.667. The van der Waals surface area contributed by atoms with E-state index in [0.717, 1.165) is 9.80 Å². The Morgan fingerprint density at radius 1 is 0.557 bits per heavy atom. The molecule has 0 radical (unpaired) electrons. The van der Waals surface area contributed by atoms with E-state index in [0.29, 0.717) is 47.9 Å². The Balaban J connectivity index is 0.000000212. The summed E-state index contributed by atoms with van der Waals surface area (Å²) in [6.45, 7) is 9.04. The normalized spacial score (nSPS) is 29.2. The summed E-state index contributed by atoms with van der Waals surface area (Å²) in [4.78, 5) is 141. The lowest BCUT2D eigenvalue weighted by Crippen LogP contribution is -2.57. The molecule has 7 fully saturated rings. The molecule has 582 valence electrons. The van der Waals surface area contributed by atoms with Crippen LogP contribution in [0.25, 0.3) is 0 Å². The van der Waals surface area contributed by atoms with Crippen molar-refractivity contribution >= 4 is 79.6 Å². The molecule has 0 spiro atoms. The molecular formula is C72H92F6N8O18S2. The Morgan fingerprint density at radius 3 is 1.42 bits per heavy atom. The Bertz CT molecular complexity index is 4090. The van der Waals surface area contributed by atoms with Crippen LogP contribution < -0.4 is 20.1 Å². The van der Waals surface area contributed by atoms with Gasteiger partial charge in [0, 0.05) is 80.5 Å².